The van der Waals surface area contributed by atoms with E-state index in [9.17, 15) is 0 Å². The van der Waals surface area contributed by atoms with E-state index >= 15 is 0 Å². The van der Waals surface area contributed by atoms with Crippen LogP contribution in [0.3, 0.4) is 0 Å². The van der Waals surface area contributed by atoms with Gasteiger partial charge in [-0.3, -0.25) is 0 Å². The van der Waals surface area contributed by atoms with Crippen LogP contribution < -0.4 is 9.47 Å². The number of aliphatic hydroxyl groups is 2. The number of benzene rings is 1. The molecule has 1 heterocycles. The molecule has 0 aliphatic heterocycles. The van der Waals surface area contributed by atoms with Crippen LogP contribution in [0, 0.1) is 13.8 Å². The molecule has 0 spiro atoms. The Balaban J connectivity index is 1.98. The smallest absolute Gasteiger partial charge is 0.394 e. The average molecular weight is 468 g/mol. The number of aryl methyl sites for hydroxylation is 3. The van der Waals surface area contributed by atoms with Crippen LogP contribution in [0.2, 0.25) is 0 Å². The van der Waals surface area contributed by atoms with Crippen molar-refractivity contribution in [3.8, 4) is 0 Å². The summed E-state index contributed by atoms with van der Waals surface area (Å²) in [5, 5.41) is 27.3. The van der Waals surface area contributed by atoms with Crippen molar-refractivity contribution in [2.75, 3.05) is 70.8 Å². The molecule has 178 valence electrons. The van der Waals surface area contributed by atoms with Crippen molar-refractivity contribution < 1.29 is 29.0 Å². The van der Waals surface area contributed by atoms with Crippen LogP contribution in [0.15, 0.2) is 34.6 Å². The van der Waals surface area contributed by atoms with E-state index in [-0.39, 0.29) is 13.2 Å². The van der Waals surface area contributed by atoms with Crippen LogP contribution in [-0.2, 0) is 21.3 Å². The lowest BCUT2D eigenvalue weighted by Crippen LogP contribution is -2.31. The topological polar surface area (TPSA) is 100.0 Å². The van der Waals surface area contributed by atoms with Gasteiger partial charge in [0.15, 0.2) is 0 Å². The number of thiazole rings is 1. The van der Waals surface area contributed by atoms with Gasteiger partial charge in [-0.1, -0.05) is 0 Å². The Hall–Kier alpha value is -1.95. The number of aromatic nitrogens is 1. The van der Waals surface area contributed by atoms with Gasteiger partial charge in [-0.2, -0.15) is 0 Å². The van der Waals surface area contributed by atoms with Crippen molar-refractivity contribution >= 4 is 27.8 Å². The number of anilines is 1. The molecule has 1 aromatic carbocycles. The normalized spacial score (nSPS) is 11.5. The zero-order valence-corrected chi connectivity index (χ0v) is 20.0. The average Bonchev–Trinajstić information content (AvgIpc) is 3.10. The SMILES string of the molecule is Cc1c[n+](C)c(/N=N/c2ccc(N(CCOCCO)CCOCCOCCO)cc2C)s1. The number of azo groups is 1. The number of aliphatic hydroxyl groups excluding tert-OH is 2. The number of ether oxygens (including phenoxy) is 3. The van der Waals surface area contributed by atoms with E-state index in [2.05, 4.69) is 28.1 Å². The minimum absolute atomic E-state index is 0.0112. The standard InChI is InChI=1S/C22H35N4O5S/c1-18-16-20(4-5-21(18)23-24-22-25(3)17-19(2)32-22)26(6-10-29-12-8-27)7-11-30-14-15-31-13-9-28/h4-5,16-17,27-28H,6-15H2,1-3H3/q+1. The lowest BCUT2D eigenvalue weighted by Gasteiger charge is -2.25. The maximum Gasteiger partial charge on any atom is 0.408 e. The second kappa shape index (κ2) is 15.0. The highest BCUT2D eigenvalue weighted by atomic mass is 32.1. The molecule has 0 unspecified atom stereocenters. The second-order valence-corrected chi connectivity index (χ2v) is 8.39. The molecule has 0 radical (unpaired) electrons. The van der Waals surface area contributed by atoms with Gasteiger partial charge in [0.2, 0.25) is 0 Å². The number of hydrogen-bond donors (Lipinski definition) is 2. The molecule has 10 heteroatoms. The Morgan fingerprint density at radius 3 is 2.09 bits per heavy atom. The minimum Gasteiger partial charge on any atom is -0.394 e. The summed E-state index contributed by atoms with van der Waals surface area (Å²) >= 11 is 1.61. The van der Waals surface area contributed by atoms with Gasteiger partial charge in [-0.15, -0.1) is 0 Å². The van der Waals surface area contributed by atoms with Crippen LogP contribution >= 0.6 is 11.3 Å². The maximum absolute atomic E-state index is 8.92. The first-order chi connectivity index (χ1) is 15.5. The van der Waals surface area contributed by atoms with Gasteiger partial charge >= 0.3 is 5.13 Å². The molecule has 0 bridgehead atoms. The van der Waals surface area contributed by atoms with Gasteiger partial charge in [0.25, 0.3) is 0 Å². The zero-order chi connectivity index (χ0) is 23.2. The van der Waals surface area contributed by atoms with E-state index in [1.807, 2.05) is 36.9 Å². The lowest BCUT2D eigenvalue weighted by atomic mass is 10.1. The van der Waals surface area contributed by atoms with Gasteiger partial charge in [0, 0.05) is 23.7 Å². The van der Waals surface area contributed by atoms with Crippen molar-refractivity contribution in [1.29, 1.82) is 0 Å². The molecule has 0 aliphatic rings. The highest BCUT2D eigenvalue weighted by Gasteiger charge is 2.13. The minimum atomic E-state index is 0.0112. The molecule has 0 atom stereocenters. The maximum atomic E-state index is 8.92. The van der Waals surface area contributed by atoms with E-state index in [4.69, 9.17) is 24.4 Å². The molecule has 32 heavy (non-hydrogen) atoms. The molecule has 0 aliphatic carbocycles. The van der Waals surface area contributed by atoms with Crippen molar-refractivity contribution in [2.24, 2.45) is 17.3 Å². The molecule has 9 nitrogen and oxygen atoms in total. The second-order valence-electron chi connectivity index (χ2n) is 7.18. The van der Waals surface area contributed by atoms with Gasteiger partial charge in [0.1, 0.15) is 11.9 Å². The monoisotopic (exact) mass is 467 g/mol. The molecule has 0 saturated heterocycles. The fourth-order valence-electron chi connectivity index (χ4n) is 2.98. The van der Waals surface area contributed by atoms with Crippen LogP contribution in [-0.4, -0.2) is 76.2 Å². The Bertz CT molecular complexity index is 831. The van der Waals surface area contributed by atoms with Crippen molar-refractivity contribution in [3.05, 3.63) is 34.8 Å². The van der Waals surface area contributed by atoms with Gasteiger partial charge < -0.3 is 29.3 Å². The third-order valence-corrected chi connectivity index (χ3v) is 5.55. The molecular formula is C22H35N4O5S+. The molecule has 0 fully saturated rings. The number of hydrogen-bond acceptors (Lipinski definition) is 9. The van der Waals surface area contributed by atoms with Crippen molar-refractivity contribution in [1.82, 2.24) is 0 Å². The quantitative estimate of drug-likeness (QED) is 0.223. The predicted octanol–water partition coefficient (Wildman–Crippen LogP) is 2.45. The highest BCUT2D eigenvalue weighted by Crippen LogP contribution is 2.27. The van der Waals surface area contributed by atoms with Crippen LogP contribution in [0.5, 0.6) is 0 Å². The van der Waals surface area contributed by atoms with Crippen LogP contribution in [0.25, 0.3) is 0 Å². The lowest BCUT2D eigenvalue weighted by molar-refractivity contribution is -0.654. The summed E-state index contributed by atoms with van der Waals surface area (Å²) in [7, 11) is 1.96. The first kappa shape index (κ1) is 26.3. The molecule has 2 N–H and O–H groups in total. The summed E-state index contributed by atoms with van der Waals surface area (Å²) in [6, 6.07) is 6.08. The van der Waals surface area contributed by atoms with E-state index in [0.717, 1.165) is 22.1 Å². The van der Waals surface area contributed by atoms with Crippen LogP contribution in [0.1, 0.15) is 10.4 Å². The van der Waals surface area contributed by atoms with E-state index in [1.165, 1.54) is 4.88 Å². The van der Waals surface area contributed by atoms with Gasteiger partial charge in [0.05, 0.1) is 65.0 Å². The molecule has 2 rings (SSSR count). The van der Waals surface area contributed by atoms with Crippen molar-refractivity contribution in [3.63, 3.8) is 0 Å². The Morgan fingerprint density at radius 1 is 0.906 bits per heavy atom. The van der Waals surface area contributed by atoms with E-state index < -0.39 is 0 Å². The fraction of sp³-hybridized carbons (Fsp3) is 0.591. The molecule has 0 saturated carbocycles. The molecule has 0 amide bonds. The predicted molar refractivity (Wildman–Crippen MR) is 124 cm³/mol. The molecule has 2 aromatic rings. The summed E-state index contributed by atoms with van der Waals surface area (Å²) in [6.45, 7) is 8.09. The summed E-state index contributed by atoms with van der Waals surface area (Å²) in [5.41, 5.74) is 2.90. The Kier molecular flexibility index (Phi) is 12.3. The Morgan fingerprint density at radius 2 is 1.53 bits per heavy atom. The highest BCUT2D eigenvalue weighted by molar-refractivity contribution is 7.14. The first-order valence-corrected chi connectivity index (χ1v) is 11.5. The van der Waals surface area contributed by atoms with Crippen LogP contribution in [0.4, 0.5) is 16.5 Å². The third kappa shape index (κ3) is 9.27. The van der Waals surface area contributed by atoms with E-state index in [0.29, 0.717) is 52.7 Å². The van der Waals surface area contributed by atoms with Crippen molar-refractivity contribution in [2.45, 2.75) is 13.8 Å². The number of rotatable bonds is 16. The van der Waals surface area contributed by atoms with E-state index in [1.54, 1.807) is 11.3 Å². The van der Waals surface area contributed by atoms with Gasteiger partial charge in [-0.05, 0) is 54.1 Å². The summed E-state index contributed by atoms with van der Waals surface area (Å²) in [6.07, 6.45) is 2.03. The van der Waals surface area contributed by atoms with Gasteiger partial charge in [-0.25, -0.2) is 4.57 Å². The summed E-state index contributed by atoms with van der Waals surface area (Å²) in [5.74, 6) is 0. The summed E-state index contributed by atoms with van der Waals surface area (Å²) < 4.78 is 18.3. The summed E-state index contributed by atoms with van der Waals surface area (Å²) in [4.78, 5) is 3.37. The molecule has 1 aromatic heterocycles. The third-order valence-electron chi connectivity index (χ3n) is 4.57. The zero-order valence-electron chi connectivity index (χ0n) is 19.2. The Labute approximate surface area is 193 Å². The first-order valence-electron chi connectivity index (χ1n) is 10.7. The largest absolute Gasteiger partial charge is 0.408 e. The molecular weight excluding hydrogens is 432 g/mol. The fourth-order valence-corrected chi connectivity index (χ4v) is 3.76. The number of nitrogens with zero attached hydrogens (tertiary/aromatic N) is 4.